The van der Waals surface area contributed by atoms with Gasteiger partial charge in [0.05, 0.1) is 17.0 Å². The molecule has 7 heteroatoms. The van der Waals surface area contributed by atoms with Crippen LogP contribution in [0.5, 0.6) is 11.5 Å². The molecule has 1 aromatic heterocycles. The first kappa shape index (κ1) is 19.5. The maximum Gasteiger partial charge on any atom is 0.291 e. The fourth-order valence-corrected chi connectivity index (χ4v) is 4.49. The Labute approximate surface area is 187 Å². The van der Waals surface area contributed by atoms with E-state index in [-0.39, 0.29) is 35.6 Å². The molecule has 2 aliphatic heterocycles. The van der Waals surface area contributed by atoms with Gasteiger partial charge in [0.1, 0.15) is 11.4 Å². The number of fused-ring (bicyclic) bond motifs is 3. The first-order chi connectivity index (χ1) is 16.0. The number of hydrogen-bond acceptors (Lipinski definition) is 5. The van der Waals surface area contributed by atoms with Crippen LogP contribution in [0.15, 0.2) is 69.9 Å². The fraction of sp³-hybridized carbons (Fsp3) is 0.154. The van der Waals surface area contributed by atoms with Gasteiger partial charge in [-0.15, -0.1) is 0 Å². The van der Waals surface area contributed by atoms with Gasteiger partial charge in [0.15, 0.2) is 16.9 Å². The fourth-order valence-electron chi connectivity index (χ4n) is 4.49. The lowest BCUT2D eigenvalue weighted by molar-refractivity contribution is 0.0714. The zero-order chi connectivity index (χ0) is 22.7. The lowest BCUT2D eigenvalue weighted by Crippen LogP contribution is -2.29. The van der Waals surface area contributed by atoms with Crippen molar-refractivity contribution in [2.24, 2.45) is 0 Å². The van der Waals surface area contributed by atoms with Gasteiger partial charge in [0.2, 0.25) is 12.6 Å². The van der Waals surface area contributed by atoms with Crippen molar-refractivity contribution in [2.45, 2.75) is 19.5 Å². The highest BCUT2D eigenvalue weighted by Gasteiger charge is 2.42. The second-order valence-electron chi connectivity index (χ2n) is 8.25. The normalized spacial score (nSPS) is 16.5. The summed E-state index contributed by atoms with van der Waals surface area (Å²) in [5.41, 5.74) is 2.65. The molecule has 3 heterocycles. The first-order valence-electron chi connectivity index (χ1n) is 10.5. The summed E-state index contributed by atoms with van der Waals surface area (Å²) in [6.07, 6.45) is 0. The number of hydrogen-bond donors (Lipinski definition) is 0. The number of benzene rings is 3. The van der Waals surface area contributed by atoms with Gasteiger partial charge in [-0.1, -0.05) is 35.9 Å². The van der Waals surface area contributed by atoms with Crippen LogP contribution in [0.1, 0.15) is 38.9 Å². The Morgan fingerprint density at radius 2 is 1.76 bits per heavy atom. The molecule has 33 heavy (non-hydrogen) atoms. The van der Waals surface area contributed by atoms with Crippen LogP contribution in [0.3, 0.4) is 0 Å². The van der Waals surface area contributed by atoms with E-state index >= 15 is 0 Å². The van der Waals surface area contributed by atoms with Crippen molar-refractivity contribution in [2.75, 3.05) is 6.79 Å². The zero-order valence-corrected chi connectivity index (χ0v) is 17.6. The van der Waals surface area contributed by atoms with Crippen molar-refractivity contribution >= 4 is 16.9 Å². The number of nitrogens with zero attached hydrogens (tertiary/aromatic N) is 1. The molecule has 3 aromatic carbocycles. The third kappa shape index (κ3) is 3.08. The van der Waals surface area contributed by atoms with Crippen LogP contribution in [0.4, 0.5) is 4.39 Å². The molecule has 0 N–H and O–H groups in total. The summed E-state index contributed by atoms with van der Waals surface area (Å²) in [6.45, 7) is 2.34. The molecule has 0 saturated carbocycles. The highest BCUT2D eigenvalue weighted by atomic mass is 19.1. The first-order valence-corrected chi connectivity index (χ1v) is 10.5. The van der Waals surface area contributed by atoms with Gasteiger partial charge in [-0.2, -0.15) is 0 Å². The number of halogens is 1. The van der Waals surface area contributed by atoms with E-state index in [0.717, 1.165) is 22.8 Å². The lowest BCUT2D eigenvalue weighted by Gasteiger charge is -2.25. The maximum atomic E-state index is 13.9. The van der Waals surface area contributed by atoms with Crippen molar-refractivity contribution in [3.8, 4) is 11.5 Å². The molecule has 1 atom stereocenters. The molecule has 6 nitrogen and oxygen atoms in total. The van der Waals surface area contributed by atoms with E-state index in [0.29, 0.717) is 11.5 Å². The SMILES string of the molecule is Cc1ccc(C2c3c(oc4ccc(F)cc4c3=O)C(=O)N2Cc2ccc3c(c2)OCO3)cc1. The van der Waals surface area contributed by atoms with E-state index in [9.17, 15) is 14.0 Å². The molecule has 0 fully saturated rings. The van der Waals surface area contributed by atoms with Gasteiger partial charge in [-0.25, -0.2) is 4.39 Å². The molecule has 0 spiro atoms. The summed E-state index contributed by atoms with van der Waals surface area (Å²) in [6, 6.07) is 16.2. The van der Waals surface area contributed by atoms with Crippen LogP contribution in [0.25, 0.3) is 11.0 Å². The molecular weight excluding hydrogens is 425 g/mol. The molecule has 4 aromatic rings. The van der Waals surface area contributed by atoms with Crippen molar-refractivity contribution in [3.05, 3.63) is 105 Å². The Balaban J connectivity index is 1.52. The largest absolute Gasteiger partial charge is 0.454 e. The quantitative estimate of drug-likeness (QED) is 0.459. The molecule has 2 aliphatic rings. The topological polar surface area (TPSA) is 69.0 Å². The summed E-state index contributed by atoms with van der Waals surface area (Å²) < 4.78 is 30.6. The summed E-state index contributed by atoms with van der Waals surface area (Å²) in [5, 5.41) is 0.114. The molecule has 0 bridgehead atoms. The number of aryl methyl sites for hydroxylation is 1. The van der Waals surface area contributed by atoms with Crippen LogP contribution in [0, 0.1) is 12.7 Å². The van der Waals surface area contributed by atoms with Gasteiger partial charge in [0.25, 0.3) is 5.91 Å². The van der Waals surface area contributed by atoms with Gasteiger partial charge in [0, 0.05) is 6.54 Å². The number of carbonyl (C=O) groups is 1. The minimum absolute atomic E-state index is 0.00886. The third-order valence-electron chi connectivity index (χ3n) is 6.11. The predicted molar refractivity (Wildman–Crippen MR) is 118 cm³/mol. The number of amides is 1. The minimum Gasteiger partial charge on any atom is -0.454 e. The second-order valence-corrected chi connectivity index (χ2v) is 8.25. The molecule has 6 rings (SSSR count). The van der Waals surface area contributed by atoms with Gasteiger partial charge < -0.3 is 18.8 Å². The average molecular weight is 443 g/mol. The van der Waals surface area contributed by atoms with Gasteiger partial charge in [-0.3, -0.25) is 9.59 Å². The Morgan fingerprint density at radius 1 is 0.970 bits per heavy atom. The van der Waals surface area contributed by atoms with Crippen molar-refractivity contribution in [1.29, 1.82) is 0 Å². The average Bonchev–Trinajstić information content (AvgIpc) is 3.38. The molecule has 0 aliphatic carbocycles. The van der Waals surface area contributed by atoms with Gasteiger partial charge in [-0.05, 0) is 48.4 Å². The molecular formula is C26H18FNO5. The van der Waals surface area contributed by atoms with Crippen molar-refractivity contribution < 1.29 is 23.1 Å². The number of rotatable bonds is 3. The Kier molecular flexibility index (Phi) is 4.26. The lowest BCUT2D eigenvalue weighted by atomic mass is 9.97. The number of carbonyl (C=O) groups excluding carboxylic acids is 1. The predicted octanol–water partition coefficient (Wildman–Crippen LogP) is 4.71. The van der Waals surface area contributed by atoms with E-state index in [2.05, 4.69) is 0 Å². The second kappa shape index (κ2) is 7.20. The van der Waals surface area contributed by atoms with E-state index in [1.54, 1.807) is 11.0 Å². The van der Waals surface area contributed by atoms with Gasteiger partial charge >= 0.3 is 0 Å². The molecule has 164 valence electrons. The Bertz CT molecular complexity index is 1490. The number of ether oxygens (including phenoxy) is 2. The van der Waals surface area contributed by atoms with Crippen LogP contribution >= 0.6 is 0 Å². The van der Waals surface area contributed by atoms with E-state index < -0.39 is 23.2 Å². The summed E-state index contributed by atoms with van der Waals surface area (Å²) in [5.74, 6) is 0.319. The van der Waals surface area contributed by atoms with Crippen LogP contribution < -0.4 is 14.9 Å². The summed E-state index contributed by atoms with van der Waals surface area (Å²) >= 11 is 0. The summed E-state index contributed by atoms with van der Waals surface area (Å²) in [4.78, 5) is 28.6. The maximum absolute atomic E-state index is 13.9. The van der Waals surface area contributed by atoms with E-state index in [4.69, 9.17) is 13.9 Å². The van der Waals surface area contributed by atoms with Crippen molar-refractivity contribution in [3.63, 3.8) is 0 Å². The van der Waals surface area contributed by atoms with Crippen molar-refractivity contribution in [1.82, 2.24) is 4.90 Å². The monoisotopic (exact) mass is 443 g/mol. The molecule has 0 radical (unpaired) electrons. The molecule has 1 unspecified atom stereocenters. The third-order valence-corrected chi connectivity index (χ3v) is 6.11. The van der Waals surface area contributed by atoms with E-state index in [1.165, 1.54) is 12.1 Å². The van der Waals surface area contributed by atoms with Crippen LogP contribution in [-0.4, -0.2) is 17.6 Å². The summed E-state index contributed by atoms with van der Waals surface area (Å²) in [7, 11) is 0. The highest BCUT2D eigenvalue weighted by Crippen LogP contribution is 2.40. The molecule has 1 amide bonds. The van der Waals surface area contributed by atoms with Crippen LogP contribution in [0.2, 0.25) is 0 Å². The minimum atomic E-state index is -0.664. The Morgan fingerprint density at radius 3 is 2.58 bits per heavy atom. The Hall–Kier alpha value is -4.13. The smallest absolute Gasteiger partial charge is 0.291 e. The highest BCUT2D eigenvalue weighted by molar-refractivity contribution is 5.99. The standard InChI is InChI=1S/C26H18FNO5/c1-14-2-5-16(6-3-14)23-22-24(29)18-11-17(27)7-9-19(18)33-25(22)26(30)28(23)12-15-4-8-20-21(10-15)32-13-31-20/h2-11,23H,12-13H2,1H3. The van der Waals surface area contributed by atoms with E-state index in [1.807, 2.05) is 43.3 Å². The van der Waals surface area contributed by atoms with Crippen LogP contribution in [-0.2, 0) is 6.54 Å². The molecule has 0 saturated heterocycles. The zero-order valence-electron chi connectivity index (χ0n) is 17.6.